The summed E-state index contributed by atoms with van der Waals surface area (Å²) in [5, 5.41) is 25.9. The average molecular weight is 329 g/mol. The fourth-order valence-electron chi connectivity index (χ4n) is 1.38. The van der Waals surface area contributed by atoms with Crippen LogP contribution in [0.2, 0.25) is 0 Å². The predicted molar refractivity (Wildman–Crippen MR) is 83.0 cm³/mol. The van der Waals surface area contributed by atoms with Gasteiger partial charge in [-0.25, -0.2) is 0 Å². The van der Waals surface area contributed by atoms with Gasteiger partial charge in [0.05, 0.1) is 0 Å². The summed E-state index contributed by atoms with van der Waals surface area (Å²) in [6.07, 6.45) is 0.273. The van der Waals surface area contributed by atoms with Crippen LogP contribution in [0.15, 0.2) is 24.3 Å². The van der Waals surface area contributed by atoms with Gasteiger partial charge in [0.1, 0.15) is 11.8 Å². The molecule has 0 spiro atoms. The maximum atomic E-state index is 10.4. The number of benzene rings is 1. The quantitative estimate of drug-likeness (QED) is 0.464. The minimum Gasteiger partial charge on any atom is -0.508 e. The van der Waals surface area contributed by atoms with E-state index in [1.165, 1.54) is 12.1 Å². The van der Waals surface area contributed by atoms with Crippen LogP contribution in [0.25, 0.3) is 0 Å². The summed E-state index contributed by atoms with van der Waals surface area (Å²) in [4.78, 5) is 10.4. The van der Waals surface area contributed by atoms with E-state index in [9.17, 15) is 9.36 Å². The molecule has 1 rings (SSSR count). The second-order valence-electron chi connectivity index (χ2n) is 5.14. The third kappa shape index (κ3) is 9.34. The molecule has 0 fully saturated rings. The van der Waals surface area contributed by atoms with E-state index in [1.54, 1.807) is 12.1 Å². The van der Waals surface area contributed by atoms with Crippen molar-refractivity contribution in [2.45, 2.75) is 12.5 Å². The van der Waals surface area contributed by atoms with E-state index in [2.05, 4.69) is 5.75 Å². The number of phenols is 1. The number of nitrogens with zero attached hydrogens (tertiary/aromatic N) is 1. The zero-order chi connectivity index (χ0) is 17.2. The molecule has 0 saturated heterocycles. The topological polar surface area (TPSA) is 121 Å². The van der Waals surface area contributed by atoms with Crippen LogP contribution in [0.5, 0.6) is 5.75 Å². The molecule has 1 unspecified atom stereocenters. The Balaban J connectivity index is 0.000000433. The molecule has 0 amide bonds. The number of phenolic OH excluding ortho intramolecular Hbond substituents is 1. The van der Waals surface area contributed by atoms with Crippen molar-refractivity contribution in [3.05, 3.63) is 29.8 Å². The van der Waals surface area contributed by atoms with Gasteiger partial charge in [0.15, 0.2) is 0 Å². The van der Waals surface area contributed by atoms with E-state index in [1.807, 2.05) is 14.1 Å². The molecule has 0 radical (unpaired) electrons. The minimum absolute atomic E-state index is 0.0928. The number of aliphatic hydroxyl groups is 1. The predicted octanol–water partition coefficient (Wildman–Crippen LogP) is 0.610. The number of likely N-dealkylation sites (N-methyl/N-ethyl adjacent to an activating group) is 1. The summed E-state index contributed by atoms with van der Waals surface area (Å²) in [6, 6.07) is 5.42. The van der Waals surface area contributed by atoms with Crippen molar-refractivity contribution in [3.8, 4) is 11.5 Å². The first-order chi connectivity index (χ1) is 10.2. The number of hydrogen-bond donors (Lipinski definition) is 4. The summed E-state index contributed by atoms with van der Waals surface area (Å²) in [5.74, 6) is 1.76. The molecule has 0 saturated carbocycles. The molecule has 0 heterocycles. The molecular formula is C14H22N2O5P+. The van der Waals surface area contributed by atoms with Gasteiger partial charge in [0, 0.05) is 0 Å². The molecule has 7 nitrogen and oxygen atoms in total. The van der Waals surface area contributed by atoms with Gasteiger partial charge in [-0.15, -0.1) is 0 Å². The summed E-state index contributed by atoms with van der Waals surface area (Å²) < 4.78 is 10.3. The van der Waals surface area contributed by atoms with Crippen LogP contribution in [-0.4, -0.2) is 59.1 Å². The number of aliphatic hydroxyl groups excluding tert-OH is 1. The maximum Gasteiger partial charge on any atom is 0.320 e. The monoisotopic (exact) mass is 329 g/mol. The number of rotatable bonds is 5. The number of carboxylic acid groups (broad SMARTS) is 1. The average Bonchev–Trinajstić information content (AvgIpc) is 2.41. The number of carbonyl (C=O) groups is 1. The van der Waals surface area contributed by atoms with Gasteiger partial charge >= 0.3 is 61.0 Å². The minimum atomic E-state index is -1.02. The number of hydrogen-bond acceptors (Lipinski definition) is 5. The van der Waals surface area contributed by atoms with E-state index >= 15 is 0 Å². The standard InChI is InChI=1S/C9H11NO3.C5H11NO2P/c10-8(9(12)13)5-6-1-3-7(11)4-2-6;1-6(2,3-4-7)5-9-8/h1-4,8,11H,5,10H2,(H,12,13);7H,3-4H2,1-2H3/q;+1. The van der Waals surface area contributed by atoms with Crippen molar-refractivity contribution < 1.29 is 29.2 Å². The first-order valence-corrected chi connectivity index (χ1v) is 7.33. The normalized spacial score (nSPS) is 11.6. The van der Waals surface area contributed by atoms with Crippen molar-refractivity contribution in [2.75, 3.05) is 27.2 Å². The zero-order valence-electron chi connectivity index (χ0n) is 12.6. The van der Waals surface area contributed by atoms with Crippen LogP contribution < -0.4 is 5.73 Å². The first kappa shape index (κ1) is 20.4. The van der Waals surface area contributed by atoms with E-state index in [0.717, 1.165) is 5.56 Å². The van der Waals surface area contributed by atoms with Crippen LogP contribution in [0.4, 0.5) is 0 Å². The molecule has 0 aromatic heterocycles. The molecule has 0 aliphatic rings. The van der Waals surface area contributed by atoms with Crippen molar-refractivity contribution in [1.29, 1.82) is 0 Å². The summed E-state index contributed by atoms with van der Waals surface area (Å²) in [6.45, 7) is 0.644. The van der Waals surface area contributed by atoms with E-state index in [0.29, 0.717) is 11.0 Å². The van der Waals surface area contributed by atoms with Gasteiger partial charge in [-0.1, -0.05) is 12.1 Å². The molecule has 1 aromatic carbocycles. The molecule has 0 bridgehead atoms. The van der Waals surface area contributed by atoms with Crippen molar-refractivity contribution in [1.82, 2.24) is 0 Å². The molecule has 122 valence electrons. The summed E-state index contributed by atoms with van der Waals surface area (Å²) in [7, 11) is 3.54. The third-order valence-electron chi connectivity index (χ3n) is 2.68. The molecule has 0 aliphatic heterocycles. The Bertz CT molecular complexity index is 568. The Hall–Kier alpha value is -1.62. The zero-order valence-corrected chi connectivity index (χ0v) is 13.5. The largest absolute Gasteiger partial charge is 0.508 e. The molecule has 22 heavy (non-hydrogen) atoms. The van der Waals surface area contributed by atoms with Gasteiger partial charge in [-0.05, 0) is 24.1 Å². The molecular weight excluding hydrogens is 307 g/mol. The Morgan fingerprint density at radius 3 is 2.32 bits per heavy atom. The Kier molecular flexibility index (Phi) is 9.42. The van der Waals surface area contributed by atoms with Crippen LogP contribution >= 0.6 is 7.92 Å². The van der Waals surface area contributed by atoms with Crippen LogP contribution in [-0.2, 0) is 15.8 Å². The number of carboxylic acids is 1. The van der Waals surface area contributed by atoms with Crippen molar-refractivity contribution >= 4 is 13.9 Å². The van der Waals surface area contributed by atoms with E-state index in [-0.39, 0.29) is 26.7 Å². The molecule has 5 N–H and O–H groups in total. The van der Waals surface area contributed by atoms with Gasteiger partial charge in [-0.3, -0.25) is 4.79 Å². The van der Waals surface area contributed by atoms with Crippen LogP contribution in [0, 0.1) is 5.75 Å². The van der Waals surface area contributed by atoms with Gasteiger partial charge < -0.3 is 15.9 Å². The smallest absolute Gasteiger partial charge is 0.320 e. The van der Waals surface area contributed by atoms with Crippen molar-refractivity contribution in [2.24, 2.45) is 5.73 Å². The summed E-state index contributed by atoms with van der Waals surface area (Å²) >= 11 is 0. The number of aromatic hydroxyl groups is 1. The second-order valence-corrected chi connectivity index (χ2v) is 5.52. The summed E-state index contributed by atoms with van der Waals surface area (Å²) in [5.41, 5.74) is 6.12. The molecule has 0 aliphatic carbocycles. The number of nitrogens with two attached hydrogens (primary N) is 1. The molecule has 8 heteroatoms. The second kappa shape index (κ2) is 10.2. The first-order valence-electron chi connectivity index (χ1n) is 6.51. The Morgan fingerprint density at radius 1 is 1.36 bits per heavy atom. The van der Waals surface area contributed by atoms with E-state index in [4.69, 9.17) is 21.1 Å². The van der Waals surface area contributed by atoms with Crippen LogP contribution in [0.1, 0.15) is 5.56 Å². The van der Waals surface area contributed by atoms with Gasteiger partial charge in [0.2, 0.25) is 0 Å². The molecule has 1 atom stereocenters. The van der Waals surface area contributed by atoms with Crippen LogP contribution in [0.3, 0.4) is 0 Å². The van der Waals surface area contributed by atoms with Crippen molar-refractivity contribution in [3.63, 3.8) is 0 Å². The fraction of sp³-hybridized carbons (Fsp3) is 0.429. The third-order valence-corrected chi connectivity index (χ3v) is 3.30. The van der Waals surface area contributed by atoms with Gasteiger partial charge in [-0.2, -0.15) is 0 Å². The van der Waals surface area contributed by atoms with E-state index < -0.39 is 12.0 Å². The fourth-order valence-corrected chi connectivity index (χ4v) is 1.70. The molecule has 1 aromatic rings. The maximum absolute atomic E-state index is 10.4. The Labute approximate surface area is 130 Å². The number of aliphatic carboxylic acids is 1. The Morgan fingerprint density at radius 2 is 1.91 bits per heavy atom. The SMILES string of the molecule is C[N+](C)(C#P=O)CCO.NC(Cc1ccc(O)cc1)C(=O)O. The van der Waals surface area contributed by atoms with Gasteiger partial charge in [0.25, 0.3) is 0 Å². The number of quaternary nitrogens is 1.